The Balaban J connectivity index is 2.66. The Morgan fingerprint density at radius 2 is 2.10 bits per heavy atom. The van der Waals surface area contributed by atoms with Gasteiger partial charge in [-0.05, 0) is 36.5 Å². The molecule has 0 fully saturated rings. The number of unbranched alkanes of at least 4 members (excludes halogenated alkanes) is 1. The number of aliphatic carboxylic acids is 1. The van der Waals surface area contributed by atoms with Gasteiger partial charge in [0.2, 0.25) is 0 Å². The highest BCUT2D eigenvalue weighted by molar-refractivity contribution is 9.10. The SMILES string of the molecule is CCCCC(CC)CC(Cc1cccc(Br)c1)C(=O)O. The van der Waals surface area contributed by atoms with Crippen molar-refractivity contribution in [2.24, 2.45) is 11.8 Å². The van der Waals surface area contributed by atoms with Crippen molar-refractivity contribution in [2.75, 3.05) is 0 Å². The summed E-state index contributed by atoms with van der Waals surface area (Å²) in [6, 6.07) is 7.96. The molecule has 2 atom stereocenters. The topological polar surface area (TPSA) is 37.3 Å². The van der Waals surface area contributed by atoms with Crippen LogP contribution in [0, 0.1) is 11.8 Å². The van der Waals surface area contributed by atoms with Gasteiger partial charge >= 0.3 is 5.97 Å². The van der Waals surface area contributed by atoms with Crippen LogP contribution in [0.1, 0.15) is 51.5 Å². The van der Waals surface area contributed by atoms with Gasteiger partial charge in [-0.3, -0.25) is 4.79 Å². The van der Waals surface area contributed by atoms with Crippen LogP contribution in [0.2, 0.25) is 0 Å². The summed E-state index contributed by atoms with van der Waals surface area (Å²) < 4.78 is 1.01. The van der Waals surface area contributed by atoms with E-state index in [4.69, 9.17) is 0 Å². The molecule has 2 nitrogen and oxygen atoms in total. The first-order chi connectivity index (χ1) is 9.56. The minimum atomic E-state index is -0.667. The van der Waals surface area contributed by atoms with E-state index in [2.05, 4.69) is 29.8 Å². The largest absolute Gasteiger partial charge is 0.481 e. The molecule has 1 aromatic rings. The van der Waals surface area contributed by atoms with Crippen LogP contribution in [0.4, 0.5) is 0 Å². The molecule has 0 radical (unpaired) electrons. The number of hydrogen-bond acceptors (Lipinski definition) is 1. The minimum absolute atomic E-state index is 0.272. The van der Waals surface area contributed by atoms with E-state index in [0.29, 0.717) is 12.3 Å². The van der Waals surface area contributed by atoms with Crippen LogP contribution in [-0.2, 0) is 11.2 Å². The third kappa shape index (κ3) is 6.08. The number of benzene rings is 1. The predicted octanol–water partition coefficient (Wildman–Crippen LogP) is 5.30. The third-order valence-corrected chi connectivity index (χ3v) is 4.37. The number of halogens is 1. The molecule has 1 rings (SSSR count). The first-order valence-corrected chi connectivity index (χ1v) is 8.33. The van der Waals surface area contributed by atoms with E-state index in [-0.39, 0.29) is 5.92 Å². The van der Waals surface area contributed by atoms with Crippen molar-refractivity contribution in [3.63, 3.8) is 0 Å². The molecule has 0 heterocycles. The lowest BCUT2D eigenvalue weighted by molar-refractivity contribution is -0.142. The minimum Gasteiger partial charge on any atom is -0.481 e. The molecule has 20 heavy (non-hydrogen) atoms. The molecule has 1 N–H and O–H groups in total. The van der Waals surface area contributed by atoms with Gasteiger partial charge in [-0.25, -0.2) is 0 Å². The Labute approximate surface area is 130 Å². The Morgan fingerprint density at radius 1 is 1.35 bits per heavy atom. The first kappa shape index (κ1) is 17.2. The average molecular weight is 341 g/mol. The van der Waals surface area contributed by atoms with Gasteiger partial charge in [0.1, 0.15) is 0 Å². The molecule has 0 aromatic heterocycles. The Morgan fingerprint density at radius 3 is 2.65 bits per heavy atom. The van der Waals surface area contributed by atoms with Gasteiger partial charge in [-0.2, -0.15) is 0 Å². The van der Waals surface area contributed by atoms with Crippen molar-refractivity contribution in [3.8, 4) is 0 Å². The molecular weight excluding hydrogens is 316 g/mol. The second-order valence-corrected chi connectivity index (χ2v) is 6.44. The van der Waals surface area contributed by atoms with E-state index in [1.165, 1.54) is 12.8 Å². The van der Waals surface area contributed by atoms with E-state index < -0.39 is 5.97 Å². The van der Waals surface area contributed by atoms with Crippen LogP contribution < -0.4 is 0 Å². The predicted molar refractivity (Wildman–Crippen MR) is 86.9 cm³/mol. The fraction of sp³-hybridized carbons (Fsp3) is 0.588. The monoisotopic (exact) mass is 340 g/mol. The van der Waals surface area contributed by atoms with E-state index in [0.717, 1.165) is 29.3 Å². The second kappa shape index (κ2) is 9.17. The molecule has 0 amide bonds. The Kier molecular flexibility index (Phi) is 7.90. The van der Waals surface area contributed by atoms with Crippen molar-refractivity contribution < 1.29 is 9.90 Å². The summed E-state index contributed by atoms with van der Waals surface area (Å²) in [5, 5.41) is 9.46. The van der Waals surface area contributed by atoms with Gasteiger partial charge in [-0.15, -0.1) is 0 Å². The van der Waals surface area contributed by atoms with Gasteiger partial charge in [0, 0.05) is 4.47 Å². The molecule has 3 heteroatoms. The zero-order valence-electron chi connectivity index (χ0n) is 12.4. The summed E-state index contributed by atoms with van der Waals surface area (Å²) >= 11 is 3.44. The molecule has 0 aliphatic rings. The van der Waals surface area contributed by atoms with Crippen LogP contribution >= 0.6 is 15.9 Å². The highest BCUT2D eigenvalue weighted by Gasteiger charge is 2.22. The molecule has 112 valence electrons. The van der Waals surface area contributed by atoms with Crippen molar-refractivity contribution >= 4 is 21.9 Å². The maximum Gasteiger partial charge on any atom is 0.306 e. The maximum atomic E-state index is 11.5. The molecular formula is C17H25BrO2. The van der Waals surface area contributed by atoms with Crippen LogP contribution in [0.25, 0.3) is 0 Å². The van der Waals surface area contributed by atoms with Gasteiger partial charge in [0.15, 0.2) is 0 Å². The van der Waals surface area contributed by atoms with Gasteiger partial charge in [0.05, 0.1) is 5.92 Å². The molecule has 2 unspecified atom stereocenters. The fourth-order valence-electron chi connectivity index (χ4n) is 2.60. The molecule has 0 saturated carbocycles. The fourth-order valence-corrected chi connectivity index (χ4v) is 3.05. The highest BCUT2D eigenvalue weighted by Crippen LogP contribution is 2.25. The summed E-state index contributed by atoms with van der Waals surface area (Å²) in [5.41, 5.74) is 1.09. The molecule has 1 aromatic carbocycles. The lowest BCUT2D eigenvalue weighted by atomic mass is 9.85. The smallest absolute Gasteiger partial charge is 0.306 e. The van der Waals surface area contributed by atoms with Gasteiger partial charge in [0.25, 0.3) is 0 Å². The molecule has 0 spiro atoms. The second-order valence-electron chi connectivity index (χ2n) is 5.52. The van der Waals surface area contributed by atoms with Gasteiger partial charge in [-0.1, -0.05) is 67.6 Å². The van der Waals surface area contributed by atoms with Crippen LogP contribution in [0.5, 0.6) is 0 Å². The lowest BCUT2D eigenvalue weighted by Crippen LogP contribution is -2.20. The number of carbonyl (C=O) groups is 1. The Bertz CT molecular complexity index is 417. The summed E-state index contributed by atoms with van der Waals surface area (Å²) in [5.74, 6) is -0.408. The summed E-state index contributed by atoms with van der Waals surface area (Å²) in [6.07, 6.45) is 6.01. The first-order valence-electron chi connectivity index (χ1n) is 7.54. The van der Waals surface area contributed by atoms with Crippen molar-refractivity contribution in [3.05, 3.63) is 34.3 Å². The molecule has 0 bridgehead atoms. The number of rotatable bonds is 9. The highest BCUT2D eigenvalue weighted by atomic mass is 79.9. The normalized spacial score (nSPS) is 13.9. The molecule has 0 aliphatic carbocycles. The van der Waals surface area contributed by atoms with E-state index in [1.54, 1.807) is 0 Å². The zero-order valence-corrected chi connectivity index (χ0v) is 14.0. The Hall–Kier alpha value is -0.830. The van der Waals surface area contributed by atoms with Crippen LogP contribution in [0.3, 0.4) is 0 Å². The van der Waals surface area contributed by atoms with Crippen molar-refractivity contribution in [2.45, 2.75) is 52.4 Å². The summed E-state index contributed by atoms with van der Waals surface area (Å²) in [4.78, 5) is 11.5. The molecule has 0 aliphatic heterocycles. The number of carboxylic acids is 1. The van der Waals surface area contributed by atoms with Gasteiger partial charge < -0.3 is 5.11 Å². The van der Waals surface area contributed by atoms with E-state index >= 15 is 0 Å². The van der Waals surface area contributed by atoms with Crippen molar-refractivity contribution in [1.82, 2.24) is 0 Å². The summed E-state index contributed by atoms with van der Waals surface area (Å²) in [6.45, 7) is 4.35. The zero-order chi connectivity index (χ0) is 15.0. The lowest BCUT2D eigenvalue weighted by Gasteiger charge is -2.20. The third-order valence-electron chi connectivity index (χ3n) is 3.88. The standard InChI is InChI=1S/C17H25BrO2/c1-3-5-7-13(4-2)10-15(17(19)20)11-14-8-6-9-16(18)12-14/h6,8-9,12-13,15H,3-5,7,10-11H2,1-2H3,(H,19,20). The average Bonchev–Trinajstić information content (AvgIpc) is 2.42. The van der Waals surface area contributed by atoms with E-state index in [9.17, 15) is 9.90 Å². The quantitative estimate of drug-likeness (QED) is 0.662. The van der Waals surface area contributed by atoms with Crippen molar-refractivity contribution in [1.29, 1.82) is 0 Å². The maximum absolute atomic E-state index is 11.5. The van der Waals surface area contributed by atoms with Crippen LogP contribution in [0.15, 0.2) is 28.7 Å². The summed E-state index contributed by atoms with van der Waals surface area (Å²) in [7, 11) is 0. The number of carboxylic acid groups (broad SMARTS) is 1. The van der Waals surface area contributed by atoms with E-state index in [1.807, 2.05) is 24.3 Å². The molecule has 0 saturated heterocycles. The van der Waals surface area contributed by atoms with Crippen LogP contribution in [-0.4, -0.2) is 11.1 Å². The number of hydrogen-bond donors (Lipinski definition) is 1.